The Kier molecular flexibility index (Phi) is 3.57. The van der Waals surface area contributed by atoms with Crippen molar-refractivity contribution in [3.8, 4) is 0 Å². The molecule has 1 fully saturated rings. The van der Waals surface area contributed by atoms with Crippen LogP contribution in [0.25, 0.3) is 0 Å². The zero-order valence-electron chi connectivity index (χ0n) is 9.62. The summed E-state index contributed by atoms with van der Waals surface area (Å²) in [6, 6.07) is 8.69. The van der Waals surface area contributed by atoms with E-state index in [4.69, 9.17) is 0 Å². The molecule has 86 valence electrons. The number of amides is 1. The van der Waals surface area contributed by atoms with Crippen molar-refractivity contribution in [1.82, 2.24) is 10.6 Å². The predicted octanol–water partition coefficient (Wildman–Crippen LogP) is 1.40. The number of nitrogens with one attached hydrogen (secondary N) is 2. The molecule has 3 heteroatoms. The second kappa shape index (κ2) is 5.12. The Hall–Kier alpha value is -1.35. The average Bonchev–Trinajstić information content (AvgIpc) is 3.14. The van der Waals surface area contributed by atoms with Crippen molar-refractivity contribution in [2.24, 2.45) is 0 Å². The minimum atomic E-state index is 0.0228. The molecule has 1 aliphatic rings. The summed E-state index contributed by atoms with van der Waals surface area (Å²) in [5.74, 6) is 0.836. The Balaban J connectivity index is 1.78. The van der Waals surface area contributed by atoms with E-state index in [2.05, 4.69) is 34.9 Å². The van der Waals surface area contributed by atoms with E-state index >= 15 is 0 Å². The molecule has 0 unspecified atom stereocenters. The zero-order valence-corrected chi connectivity index (χ0v) is 9.62. The SMILES string of the molecule is CNC(=O)CNCc1ccc(C2CC2)cc1. The Bertz CT molecular complexity index is 355. The highest BCUT2D eigenvalue weighted by molar-refractivity contribution is 5.77. The van der Waals surface area contributed by atoms with Crippen molar-refractivity contribution in [2.45, 2.75) is 25.3 Å². The molecule has 1 saturated carbocycles. The first-order chi connectivity index (χ1) is 7.79. The highest BCUT2D eigenvalue weighted by atomic mass is 16.1. The lowest BCUT2D eigenvalue weighted by Crippen LogP contribution is -2.30. The average molecular weight is 218 g/mol. The Morgan fingerprint density at radius 2 is 2.00 bits per heavy atom. The maximum atomic E-state index is 11.0. The summed E-state index contributed by atoms with van der Waals surface area (Å²) in [6.07, 6.45) is 2.68. The van der Waals surface area contributed by atoms with E-state index in [0.29, 0.717) is 6.54 Å². The second-order valence-electron chi connectivity index (χ2n) is 4.29. The summed E-state index contributed by atoms with van der Waals surface area (Å²) in [6.45, 7) is 1.12. The fourth-order valence-electron chi connectivity index (χ4n) is 1.73. The Labute approximate surface area is 96.2 Å². The quantitative estimate of drug-likeness (QED) is 0.784. The molecule has 1 aromatic rings. The van der Waals surface area contributed by atoms with Gasteiger partial charge in [-0.15, -0.1) is 0 Å². The predicted molar refractivity (Wildman–Crippen MR) is 64.2 cm³/mol. The molecule has 1 aromatic carbocycles. The van der Waals surface area contributed by atoms with Crippen LogP contribution in [0.4, 0.5) is 0 Å². The summed E-state index contributed by atoms with van der Waals surface area (Å²) in [4.78, 5) is 11.0. The fraction of sp³-hybridized carbons (Fsp3) is 0.462. The van der Waals surface area contributed by atoms with Crippen LogP contribution in [-0.4, -0.2) is 19.5 Å². The molecule has 0 aromatic heterocycles. The van der Waals surface area contributed by atoms with E-state index in [1.165, 1.54) is 24.0 Å². The highest BCUT2D eigenvalue weighted by Gasteiger charge is 2.22. The van der Waals surface area contributed by atoms with Crippen molar-refractivity contribution < 1.29 is 4.79 Å². The van der Waals surface area contributed by atoms with Gasteiger partial charge in [0.2, 0.25) is 5.91 Å². The van der Waals surface area contributed by atoms with E-state index < -0.39 is 0 Å². The van der Waals surface area contributed by atoms with E-state index in [0.717, 1.165) is 12.5 Å². The molecule has 3 nitrogen and oxygen atoms in total. The molecule has 2 N–H and O–H groups in total. The second-order valence-corrected chi connectivity index (χ2v) is 4.29. The van der Waals surface area contributed by atoms with Crippen LogP contribution in [-0.2, 0) is 11.3 Å². The number of benzene rings is 1. The number of hydrogen-bond acceptors (Lipinski definition) is 2. The first kappa shape index (κ1) is 11.1. The van der Waals surface area contributed by atoms with Crippen LogP contribution in [0.1, 0.15) is 29.9 Å². The van der Waals surface area contributed by atoms with Crippen LogP contribution in [0.5, 0.6) is 0 Å². The molecule has 1 amide bonds. The molecule has 0 radical (unpaired) electrons. The van der Waals surface area contributed by atoms with Gasteiger partial charge in [-0.3, -0.25) is 4.79 Å². The first-order valence-electron chi connectivity index (χ1n) is 5.79. The first-order valence-corrected chi connectivity index (χ1v) is 5.79. The minimum Gasteiger partial charge on any atom is -0.358 e. The molecule has 16 heavy (non-hydrogen) atoms. The normalized spacial score (nSPS) is 14.8. The maximum Gasteiger partial charge on any atom is 0.233 e. The van der Waals surface area contributed by atoms with Crippen molar-refractivity contribution in [3.63, 3.8) is 0 Å². The topological polar surface area (TPSA) is 41.1 Å². The Morgan fingerprint density at radius 1 is 1.31 bits per heavy atom. The fourth-order valence-corrected chi connectivity index (χ4v) is 1.73. The molecule has 0 bridgehead atoms. The van der Waals surface area contributed by atoms with Crippen LogP contribution < -0.4 is 10.6 Å². The van der Waals surface area contributed by atoms with Crippen molar-refractivity contribution >= 4 is 5.91 Å². The molecular formula is C13H18N2O. The molecule has 0 spiro atoms. The summed E-state index contributed by atoms with van der Waals surface area (Å²) in [7, 11) is 1.65. The van der Waals surface area contributed by atoms with E-state index in [1.807, 2.05) is 0 Å². The third-order valence-electron chi connectivity index (χ3n) is 2.92. The van der Waals surface area contributed by atoms with Crippen molar-refractivity contribution in [2.75, 3.05) is 13.6 Å². The van der Waals surface area contributed by atoms with Gasteiger partial charge in [0.1, 0.15) is 0 Å². The van der Waals surface area contributed by atoms with Gasteiger partial charge >= 0.3 is 0 Å². The lowest BCUT2D eigenvalue weighted by Gasteiger charge is -2.05. The molecule has 2 rings (SSSR count). The number of carbonyl (C=O) groups is 1. The Morgan fingerprint density at radius 3 is 2.56 bits per heavy atom. The van der Waals surface area contributed by atoms with Gasteiger partial charge in [-0.25, -0.2) is 0 Å². The summed E-state index contributed by atoms with van der Waals surface area (Å²) < 4.78 is 0. The standard InChI is InChI=1S/C13H18N2O/c1-14-13(16)9-15-8-10-2-4-11(5-3-10)12-6-7-12/h2-5,12,15H,6-9H2,1H3,(H,14,16). The van der Waals surface area contributed by atoms with E-state index in [-0.39, 0.29) is 5.91 Å². The monoisotopic (exact) mass is 218 g/mol. The molecule has 1 aliphatic carbocycles. The number of hydrogen-bond donors (Lipinski definition) is 2. The third-order valence-corrected chi connectivity index (χ3v) is 2.92. The zero-order chi connectivity index (χ0) is 11.4. The molecular weight excluding hydrogens is 200 g/mol. The molecule has 0 saturated heterocycles. The van der Waals surface area contributed by atoms with Gasteiger partial charge in [0.25, 0.3) is 0 Å². The smallest absolute Gasteiger partial charge is 0.233 e. The molecule has 0 aliphatic heterocycles. The third kappa shape index (κ3) is 3.07. The van der Waals surface area contributed by atoms with Crippen LogP contribution in [0.2, 0.25) is 0 Å². The van der Waals surface area contributed by atoms with E-state index in [9.17, 15) is 4.79 Å². The van der Waals surface area contributed by atoms with Gasteiger partial charge in [0.05, 0.1) is 6.54 Å². The summed E-state index contributed by atoms with van der Waals surface area (Å²) >= 11 is 0. The number of rotatable bonds is 5. The van der Waals surface area contributed by atoms with E-state index in [1.54, 1.807) is 7.05 Å². The van der Waals surface area contributed by atoms with Crippen molar-refractivity contribution in [3.05, 3.63) is 35.4 Å². The lowest BCUT2D eigenvalue weighted by molar-refractivity contribution is -0.119. The largest absolute Gasteiger partial charge is 0.358 e. The number of likely N-dealkylation sites (N-methyl/N-ethyl adjacent to an activating group) is 1. The maximum absolute atomic E-state index is 11.0. The lowest BCUT2D eigenvalue weighted by atomic mass is 10.1. The van der Waals surface area contributed by atoms with Crippen LogP contribution in [0, 0.1) is 0 Å². The van der Waals surface area contributed by atoms with Crippen LogP contribution >= 0.6 is 0 Å². The highest BCUT2D eigenvalue weighted by Crippen LogP contribution is 2.39. The molecule has 0 heterocycles. The van der Waals surface area contributed by atoms with Gasteiger partial charge in [-0.1, -0.05) is 24.3 Å². The van der Waals surface area contributed by atoms with Crippen molar-refractivity contribution in [1.29, 1.82) is 0 Å². The van der Waals surface area contributed by atoms with Gasteiger partial charge < -0.3 is 10.6 Å². The van der Waals surface area contributed by atoms with Gasteiger partial charge in [0.15, 0.2) is 0 Å². The van der Waals surface area contributed by atoms with Gasteiger partial charge in [-0.2, -0.15) is 0 Å². The van der Waals surface area contributed by atoms with Crippen LogP contribution in [0.3, 0.4) is 0 Å². The van der Waals surface area contributed by atoms with Gasteiger partial charge in [-0.05, 0) is 29.9 Å². The summed E-state index contributed by atoms with van der Waals surface area (Å²) in [5, 5.41) is 5.69. The summed E-state index contributed by atoms with van der Waals surface area (Å²) in [5.41, 5.74) is 2.68. The molecule has 0 atom stereocenters. The number of carbonyl (C=O) groups excluding carboxylic acids is 1. The minimum absolute atomic E-state index is 0.0228. The van der Waals surface area contributed by atoms with Gasteiger partial charge in [0, 0.05) is 13.6 Å². The van der Waals surface area contributed by atoms with Crippen LogP contribution in [0.15, 0.2) is 24.3 Å².